The van der Waals surface area contributed by atoms with Crippen LogP contribution in [0.5, 0.6) is 0 Å². The van der Waals surface area contributed by atoms with E-state index >= 15 is 0 Å². The molecule has 3 N–H and O–H groups in total. The molecule has 7 nitrogen and oxygen atoms in total. The third kappa shape index (κ3) is 4.90. The van der Waals surface area contributed by atoms with E-state index in [0.29, 0.717) is 24.3 Å². The van der Waals surface area contributed by atoms with Crippen molar-refractivity contribution in [1.82, 2.24) is 10.2 Å². The number of nitrogens with one attached hydrogen (secondary N) is 1. The smallest absolute Gasteiger partial charge is 0.249 e. The quantitative estimate of drug-likeness (QED) is 0.666. The van der Waals surface area contributed by atoms with Crippen LogP contribution >= 0.6 is 0 Å². The van der Waals surface area contributed by atoms with Crippen LogP contribution in [0.1, 0.15) is 51.4 Å². The van der Waals surface area contributed by atoms with E-state index in [1.807, 2.05) is 11.9 Å². The molecule has 180 valence electrons. The molecule has 3 aliphatic heterocycles. The summed E-state index contributed by atoms with van der Waals surface area (Å²) in [6.07, 6.45) is 8.68. The molecule has 1 aromatic carbocycles. The number of likely N-dealkylation sites (tertiary alicyclic amines) is 1. The number of nitrogens with zero attached hydrogens (tertiary/aromatic N) is 3. The largest absolute Gasteiger partial charge is 0.372 e. The highest BCUT2D eigenvalue weighted by atomic mass is 16.2. The summed E-state index contributed by atoms with van der Waals surface area (Å²) in [4.78, 5) is 30.8. The molecule has 1 aliphatic carbocycles. The number of imide groups is 1. The fourth-order valence-corrected chi connectivity index (χ4v) is 6.54. The van der Waals surface area contributed by atoms with E-state index in [-0.39, 0.29) is 17.9 Å². The van der Waals surface area contributed by atoms with Gasteiger partial charge in [-0.2, -0.15) is 0 Å². The first-order valence-corrected chi connectivity index (χ1v) is 12.8. The number of carbonyl (C=O) groups excluding carboxylic acids is 2. The van der Waals surface area contributed by atoms with Crippen LogP contribution < -0.4 is 20.9 Å². The molecule has 4 fully saturated rings. The number of anilines is 2. The highest BCUT2D eigenvalue weighted by Gasteiger charge is 2.44. The van der Waals surface area contributed by atoms with Crippen LogP contribution in [0, 0.1) is 11.3 Å². The zero-order chi connectivity index (χ0) is 23.0. The molecule has 3 heterocycles. The first-order valence-electron chi connectivity index (χ1n) is 12.8. The maximum Gasteiger partial charge on any atom is 0.249 e. The predicted octanol–water partition coefficient (Wildman–Crippen LogP) is 2.35. The standard InChI is InChI=1S/C26H39N5O2/c1-29(23-6-7-24(32)28-25(23)33)21-2-4-22(5-3-21)31-12-8-19(9-13-31)18-30-14-10-26(11-15-30)16-20(27)17-26/h2-5,19-20,23H,6-18,27H2,1H3,(H,28,32,33). The average molecular weight is 454 g/mol. The number of amides is 2. The van der Waals surface area contributed by atoms with E-state index in [0.717, 1.165) is 24.7 Å². The summed E-state index contributed by atoms with van der Waals surface area (Å²) in [6.45, 7) is 6.00. The van der Waals surface area contributed by atoms with Crippen LogP contribution in [0.3, 0.4) is 0 Å². The van der Waals surface area contributed by atoms with Gasteiger partial charge in [-0.05, 0) is 93.6 Å². The molecular formula is C26H39N5O2. The van der Waals surface area contributed by atoms with Crippen molar-refractivity contribution in [3.8, 4) is 0 Å². The Bertz CT molecular complexity index is 848. The van der Waals surface area contributed by atoms with Crippen LogP contribution in [0.2, 0.25) is 0 Å². The molecule has 1 aromatic rings. The molecule has 0 radical (unpaired) electrons. The van der Waals surface area contributed by atoms with E-state index in [9.17, 15) is 9.59 Å². The van der Waals surface area contributed by atoms with Gasteiger partial charge in [-0.15, -0.1) is 0 Å². The molecule has 1 atom stereocenters. The van der Waals surface area contributed by atoms with Gasteiger partial charge in [-0.3, -0.25) is 14.9 Å². The van der Waals surface area contributed by atoms with Crippen molar-refractivity contribution >= 4 is 23.2 Å². The second kappa shape index (κ2) is 9.26. The summed E-state index contributed by atoms with van der Waals surface area (Å²) in [5.41, 5.74) is 8.92. The zero-order valence-electron chi connectivity index (χ0n) is 20.0. The molecule has 0 bridgehead atoms. The fraction of sp³-hybridized carbons (Fsp3) is 0.692. The monoisotopic (exact) mass is 453 g/mol. The van der Waals surface area contributed by atoms with Gasteiger partial charge < -0.3 is 20.4 Å². The van der Waals surface area contributed by atoms with Crippen molar-refractivity contribution in [2.45, 2.75) is 63.5 Å². The number of benzene rings is 1. The van der Waals surface area contributed by atoms with Crippen LogP contribution in [-0.2, 0) is 9.59 Å². The molecule has 1 saturated carbocycles. The van der Waals surface area contributed by atoms with Gasteiger partial charge in [0.05, 0.1) is 0 Å². The number of piperidine rings is 3. The average Bonchev–Trinajstić information content (AvgIpc) is 2.80. The van der Waals surface area contributed by atoms with E-state index in [1.54, 1.807) is 0 Å². The summed E-state index contributed by atoms with van der Waals surface area (Å²) in [6, 6.07) is 8.72. The Labute approximate surface area is 197 Å². The Morgan fingerprint density at radius 2 is 1.70 bits per heavy atom. The first-order chi connectivity index (χ1) is 15.9. The summed E-state index contributed by atoms with van der Waals surface area (Å²) in [7, 11) is 1.93. The van der Waals surface area contributed by atoms with Gasteiger partial charge in [0, 0.05) is 50.5 Å². The van der Waals surface area contributed by atoms with E-state index < -0.39 is 0 Å². The van der Waals surface area contributed by atoms with Crippen LogP contribution in [0.4, 0.5) is 11.4 Å². The number of nitrogens with two attached hydrogens (primary N) is 1. The number of hydrogen-bond donors (Lipinski definition) is 2. The minimum absolute atomic E-state index is 0.171. The minimum Gasteiger partial charge on any atom is -0.372 e. The highest BCUT2D eigenvalue weighted by Crippen LogP contribution is 2.48. The Hall–Kier alpha value is -2.12. The number of likely N-dealkylation sites (N-methyl/N-ethyl adjacent to an activating group) is 1. The van der Waals surface area contributed by atoms with E-state index in [1.165, 1.54) is 63.8 Å². The maximum atomic E-state index is 12.2. The Morgan fingerprint density at radius 1 is 1.03 bits per heavy atom. The van der Waals surface area contributed by atoms with Gasteiger partial charge in [0.15, 0.2) is 0 Å². The highest BCUT2D eigenvalue weighted by molar-refractivity contribution is 6.01. The summed E-state index contributed by atoms with van der Waals surface area (Å²) in [5, 5.41) is 2.45. The predicted molar refractivity (Wildman–Crippen MR) is 131 cm³/mol. The van der Waals surface area contributed by atoms with E-state index in [2.05, 4.69) is 39.4 Å². The van der Waals surface area contributed by atoms with Gasteiger partial charge in [0.1, 0.15) is 6.04 Å². The van der Waals surface area contributed by atoms with Crippen molar-refractivity contribution in [2.75, 3.05) is 49.6 Å². The lowest BCUT2D eigenvalue weighted by Crippen LogP contribution is -2.52. The minimum atomic E-state index is -0.282. The normalized spacial score (nSPS) is 26.8. The maximum absolute atomic E-state index is 12.2. The number of rotatable bonds is 5. The number of hydrogen-bond acceptors (Lipinski definition) is 6. The fourth-order valence-electron chi connectivity index (χ4n) is 6.54. The Morgan fingerprint density at radius 3 is 2.30 bits per heavy atom. The van der Waals surface area contributed by atoms with Gasteiger partial charge in [-0.1, -0.05) is 0 Å². The second-order valence-electron chi connectivity index (χ2n) is 11.0. The lowest BCUT2D eigenvalue weighted by molar-refractivity contribution is -0.134. The Balaban J connectivity index is 1.08. The molecule has 1 spiro atoms. The lowest BCUT2D eigenvalue weighted by Gasteiger charge is -2.51. The summed E-state index contributed by atoms with van der Waals surface area (Å²) in [5.74, 6) is 0.438. The van der Waals surface area contributed by atoms with Crippen molar-refractivity contribution in [3.63, 3.8) is 0 Å². The Kier molecular flexibility index (Phi) is 6.36. The molecule has 4 aliphatic rings. The van der Waals surface area contributed by atoms with Gasteiger partial charge >= 0.3 is 0 Å². The third-order valence-corrected chi connectivity index (χ3v) is 8.74. The van der Waals surface area contributed by atoms with Gasteiger partial charge in [-0.25, -0.2) is 0 Å². The lowest BCUT2D eigenvalue weighted by atomic mass is 9.60. The van der Waals surface area contributed by atoms with Gasteiger partial charge in [0.2, 0.25) is 11.8 Å². The van der Waals surface area contributed by atoms with Crippen molar-refractivity contribution in [2.24, 2.45) is 17.1 Å². The molecule has 0 aromatic heterocycles. The van der Waals surface area contributed by atoms with Crippen molar-refractivity contribution in [1.29, 1.82) is 0 Å². The second-order valence-corrected chi connectivity index (χ2v) is 11.0. The third-order valence-electron chi connectivity index (χ3n) is 8.74. The van der Waals surface area contributed by atoms with Crippen molar-refractivity contribution in [3.05, 3.63) is 24.3 Å². The summed E-state index contributed by atoms with van der Waals surface area (Å²) < 4.78 is 0. The van der Waals surface area contributed by atoms with Crippen LogP contribution in [0.15, 0.2) is 24.3 Å². The van der Waals surface area contributed by atoms with Crippen LogP contribution in [0.25, 0.3) is 0 Å². The topological polar surface area (TPSA) is 81.9 Å². The zero-order valence-corrected chi connectivity index (χ0v) is 20.0. The molecule has 2 amide bonds. The molecule has 5 rings (SSSR count). The van der Waals surface area contributed by atoms with Gasteiger partial charge in [0.25, 0.3) is 0 Å². The molecule has 7 heteroatoms. The summed E-state index contributed by atoms with van der Waals surface area (Å²) >= 11 is 0. The number of carbonyl (C=O) groups is 2. The van der Waals surface area contributed by atoms with Crippen LogP contribution in [-0.4, -0.2) is 68.6 Å². The van der Waals surface area contributed by atoms with E-state index in [4.69, 9.17) is 5.73 Å². The SMILES string of the molecule is CN(c1ccc(N2CCC(CN3CCC4(CC3)CC(N)C4)CC2)cc1)C1CCC(=O)NC1=O. The molecule has 33 heavy (non-hydrogen) atoms. The molecule has 1 unspecified atom stereocenters. The first kappa shape index (κ1) is 22.7. The van der Waals surface area contributed by atoms with Crippen molar-refractivity contribution < 1.29 is 9.59 Å². The molecule has 3 saturated heterocycles. The molecular weight excluding hydrogens is 414 g/mol.